The van der Waals surface area contributed by atoms with Crippen molar-refractivity contribution >= 4 is 11.9 Å². The van der Waals surface area contributed by atoms with Gasteiger partial charge in [-0.05, 0) is 24.7 Å². The van der Waals surface area contributed by atoms with Gasteiger partial charge in [-0.25, -0.2) is 4.79 Å². The number of piperidine rings is 1. The highest BCUT2D eigenvalue weighted by Gasteiger charge is 2.28. The zero-order valence-corrected chi connectivity index (χ0v) is 15.3. The topological polar surface area (TPSA) is 81.3 Å². The number of aromatic amines is 1. The van der Waals surface area contributed by atoms with Gasteiger partial charge in [0.2, 0.25) is 5.91 Å². The molecule has 2 N–H and O–H groups in total. The van der Waals surface area contributed by atoms with E-state index in [1.54, 1.807) is 0 Å². The Kier molecular flexibility index (Phi) is 5.60. The highest BCUT2D eigenvalue weighted by molar-refractivity contribution is 5.77. The summed E-state index contributed by atoms with van der Waals surface area (Å²) in [6.07, 6.45) is 5.18. The average molecular weight is 347 g/mol. The number of amides is 3. The van der Waals surface area contributed by atoms with Crippen LogP contribution >= 0.6 is 0 Å². The van der Waals surface area contributed by atoms with E-state index >= 15 is 0 Å². The zero-order chi connectivity index (χ0) is 17.8. The van der Waals surface area contributed by atoms with Gasteiger partial charge in [0.25, 0.3) is 0 Å². The molecule has 25 heavy (non-hydrogen) atoms. The number of fused-ring (bicyclic) bond motifs is 1. The summed E-state index contributed by atoms with van der Waals surface area (Å²) in [7, 11) is 0. The Labute approximate surface area is 149 Å². The molecule has 3 heterocycles. The number of nitrogens with one attached hydrogen (secondary N) is 2. The number of hydrogen-bond acceptors (Lipinski definition) is 3. The lowest BCUT2D eigenvalue weighted by Crippen LogP contribution is -2.47. The van der Waals surface area contributed by atoms with Gasteiger partial charge in [0.15, 0.2) is 0 Å². The Balaban J connectivity index is 1.49. The second-order valence-corrected chi connectivity index (χ2v) is 7.68. The minimum absolute atomic E-state index is 0.00635. The molecule has 0 spiro atoms. The van der Waals surface area contributed by atoms with E-state index in [1.165, 1.54) is 0 Å². The highest BCUT2D eigenvalue weighted by atomic mass is 16.2. The van der Waals surface area contributed by atoms with E-state index in [4.69, 9.17) is 0 Å². The van der Waals surface area contributed by atoms with Crippen LogP contribution in [0.15, 0.2) is 6.20 Å². The first-order valence-corrected chi connectivity index (χ1v) is 9.34. The fourth-order valence-electron chi connectivity index (χ4n) is 3.63. The number of carbonyl (C=O) groups excluding carboxylic acids is 2. The van der Waals surface area contributed by atoms with Crippen molar-refractivity contribution in [3.63, 3.8) is 0 Å². The van der Waals surface area contributed by atoms with Crippen molar-refractivity contribution in [3.8, 4) is 0 Å². The SMILES string of the molecule is CC(C)CNC(=O)N1CCC[C@H](CC(=O)N2CCc3[nH]ncc3C2)C1. The maximum absolute atomic E-state index is 12.7. The van der Waals surface area contributed by atoms with Crippen LogP contribution in [-0.2, 0) is 17.8 Å². The van der Waals surface area contributed by atoms with Crippen LogP contribution in [0.1, 0.15) is 44.4 Å². The lowest BCUT2D eigenvalue weighted by Gasteiger charge is -2.34. The first-order chi connectivity index (χ1) is 12.0. The normalized spacial score (nSPS) is 20.5. The van der Waals surface area contributed by atoms with Gasteiger partial charge in [-0.3, -0.25) is 9.89 Å². The van der Waals surface area contributed by atoms with Gasteiger partial charge in [-0.15, -0.1) is 0 Å². The molecule has 0 unspecified atom stereocenters. The van der Waals surface area contributed by atoms with Crippen LogP contribution in [0.4, 0.5) is 4.79 Å². The zero-order valence-electron chi connectivity index (χ0n) is 15.3. The summed E-state index contributed by atoms with van der Waals surface area (Å²) in [6, 6.07) is 0.00635. The van der Waals surface area contributed by atoms with E-state index in [9.17, 15) is 9.59 Å². The first kappa shape index (κ1) is 17.8. The van der Waals surface area contributed by atoms with E-state index in [2.05, 4.69) is 29.4 Å². The van der Waals surface area contributed by atoms with E-state index in [0.29, 0.717) is 32.0 Å². The number of carbonyl (C=O) groups is 2. The lowest BCUT2D eigenvalue weighted by molar-refractivity contribution is -0.133. The van der Waals surface area contributed by atoms with Gasteiger partial charge in [0, 0.05) is 56.8 Å². The molecule has 0 aromatic carbocycles. The van der Waals surface area contributed by atoms with Crippen LogP contribution in [-0.4, -0.2) is 58.1 Å². The third-order valence-electron chi connectivity index (χ3n) is 5.08. The van der Waals surface area contributed by atoms with E-state index in [0.717, 1.165) is 43.6 Å². The van der Waals surface area contributed by atoms with E-state index in [-0.39, 0.29) is 17.9 Å². The summed E-state index contributed by atoms with van der Waals surface area (Å²) < 4.78 is 0. The molecule has 2 aliphatic heterocycles. The summed E-state index contributed by atoms with van der Waals surface area (Å²) in [4.78, 5) is 28.7. The Morgan fingerprint density at radius 1 is 1.36 bits per heavy atom. The van der Waals surface area contributed by atoms with Crippen LogP contribution < -0.4 is 5.32 Å². The van der Waals surface area contributed by atoms with Crippen molar-refractivity contribution in [1.29, 1.82) is 0 Å². The summed E-state index contributed by atoms with van der Waals surface area (Å²) in [5.41, 5.74) is 2.27. The predicted octanol–water partition coefficient (Wildman–Crippen LogP) is 1.76. The fourth-order valence-corrected chi connectivity index (χ4v) is 3.63. The van der Waals surface area contributed by atoms with E-state index in [1.807, 2.05) is 16.0 Å². The lowest BCUT2D eigenvalue weighted by atomic mass is 9.94. The van der Waals surface area contributed by atoms with Crippen molar-refractivity contribution in [2.24, 2.45) is 11.8 Å². The molecule has 1 aromatic rings. The Morgan fingerprint density at radius 2 is 2.20 bits per heavy atom. The van der Waals surface area contributed by atoms with Crippen molar-refractivity contribution in [2.45, 2.75) is 46.1 Å². The second-order valence-electron chi connectivity index (χ2n) is 7.68. The van der Waals surface area contributed by atoms with Crippen LogP contribution in [0, 0.1) is 11.8 Å². The molecule has 0 radical (unpaired) electrons. The summed E-state index contributed by atoms with van der Waals surface area (Å²) in [6.45, 7) is 7.73. The van der Waals surface area contributed by atoms with Gasteiger partial charge in [-0.2, -0.15) is 5.10 Å². The summed E-state index contributed by atoms with van der Waals surface area (Å²) in [5.74, 6) is 0.899. The van der Waals surface area contributed by atoms with E-state index < -0.39 is 0 Å². The molecular formula is C18H29N5O2. The number of hydrogen-bond donors (Lipinski definition) is 2. The van der Waals surface area contributed by atoms with Gasteiger partial charge in [-0.1, -0.05) is 13.8 Å². The third kappa shape index (κ3) is 4.52. The third-order valence-corrected chi connectivity index (χ3v) is 5.08. The van der Waals surface area contributed by atoms with Gasteiger partial charge >= 0.3 is 6.03 Å². The van der Waals surface area contributed by atoms with Crippen LogP contribution in [0.3, 0.4) is 0 Å². The molecule has 0 aliphatic carbocycles. The molecule has 7 nitrogen and oxygen atoms in total. The number of likely N-dealkylation sites (tertiary alicyclic amines) is 1. The largest absolute Gasteiger partial charge is 0.338 e. The molecular weight excluding hydrogens is 318 g/mol. The van der Waals surface area contributed by atoms with Crippen LogP contribution in [0.25, 0.3) is 0 Å². The monoisotopic (exact) mass is 347 g/mol. The number of rotatable bonds is 4. The molecule has 0 bridgehead atoms. The minimum Gasteiger partial charge on any atom is -0.338 e. The number of urea groups is 1. The molecule has 1 saturated heterocycles. The molecule has 7 heteroatoms. The van der Waals surface area contributed by atoms with Gasteiger partial charge in [0.05, 0.1) is 6.20 Å². The Bertz CT molecular complexity index is 612. The highest BCUT2D eigenvalue weighted by Crippen LogP contribution is 2.23. The molecule has 138 valence electrons. The molecule has 2 aliphatic rings. The van der Waals surface area contributed by atoms with Crippen molar-refractivity contribution in [3.05, 3.63) is 17.5 Å². The maximum Gasteiger partial charge on any atom is 0.317 e. The fraction of sp³-hybridized carbons (Fsp3) is 0.722. The molecule has 0 saturated carbocycles. The Hall–Kier alpha value is -2.05. The second kappa shape index (κ2) is 7.89. The molecule has 1 fully saturated rings. The average Bonchev–Trinajstić information content (AvgIpc) is 3.07. The van der Waals surface area contributed by atoms with Crippen molar-refractivity contribution < 1.29 is 9.59 Å². The quantitative estimate of drug-likeness (QED) is 0.871. The molecule has 1 aromatic heterocycles. The Morgan fingerprint density at radius 3 is 3.00 bits per heavy atom. The first-order valence-electron chi connectivity index (χ1n) is 9.34. The number of nitrogens with zero attached hydrogens (tertiary/aromatic N) is 3. The predicted molar refractivity (Wildman–Crippen MR) is 94.9 cm³/mol. The molecule has 3 rings (SSSR count). The molecule has 3 amide bonds. The van der Waals surface area contributed by atoms with Crippen LogP contribution in [0.2, 0.25) is 0 Å². The smallest absolute Gasteiger partial charge is 0.317 e. The molecule has 1 atom stereocenters. The number of aromatic nitrogens is 2. The van der Waals surface area contributed by atoms with Crippen molar-refractivity contribution in [2.75, 3.05) is 26.2 Å². The standard InChI is InChI=1S/C18H29N5O2/c1-13(2)9-19-18(25)23-6-3-4-14(11-23)8-17(24)22-7-5-16-15(12-22)10-20-21-16/h10,13-14H,3-9,11-12H2,1-2H3,(H,19,25)(H,20,21)/t14-/m1/s1. The van der Waals surface area contributed by atoms with Gasteiger partial charge in [0.1, 0.15) is 0 Å². The minimum atomic E-state index is 0.00635. The summed E-state index contributed by atoms with van der Waals surface area (Å²) >= 11 is 0. The van der Waals surface area contributed by atoms with Gasteiger partial charge < -0.3 is 15.1 Å². The summed E-state index contributed by atoms with van der Waals surface area (Å²) in [5, 5.41) is 10.0. The van der Waals surface area contributed by atoms with Crippen molar-refractivity contribution in [1.82, 2.24) is 25.3 Å². The maximum atomic E-state index is 12.7. The number of H-pyrrole nitrogens is 1. The van der Waals surface area contributed by atoms with Crippen LogP contribution in [0.5, 0.6) is 0 Å².